The van der Waals surface area contributed by atoms with Crippen molar-refractivity contribution in [1.82, 2.24) is 15.1 Å². The average Bonchev–Trinajstić information content (AvgIpc) is 3.01. The SMILES string of the molecule is CCC(CC)(CNCc1cnn(-c2ccc(F)cc2)c1)C(=O)O. The highest BCUT2D eigenvalue weighted by Crippen LogP contribution is 2.25. The van der Waals surface area contributed by atoms with Gasteiger partial charge in [0, 0.05) is 24.8 Å². The van der Waals surface area contributed by atoms with Gasteiger partial charge in [0.15, 0.2) is 0 Å². The second-order valence-corrected chi connectivity index (χ2v) is 5.67. The number of hydrogen-bond donors (Lipinski definition) is 2. The van der Waals surface area contributed by atoms with Gasteiger partial charge in [0.25, 0.3) is 0 Å². The van der Waals surface area contributed by atoms with Crippen molar-refractivity contribution < 1.29 is 14.3 Å². The van der Waals surface area contributed by atoms with Crippen LogP contribution in [0.15, 0.2) is 36.7 Å². The van der Waals surface area contributed by atoms with Crippen molar-refractivity contribution in [3.05, 3.63) is 48.0 Å². The van der Waals surface area contributed by atoms with E-state index in [0.717, 1.165) is 11.3 Å². The smallest absolute Gasteiger partial charge is 0.310 e. The van der Waals surface area contributed by atoms with Gasteiger partial charge in [-0.15, -0.1) is 0 Å². The van der Waals surface area contributed by atoms with Crippen LogP contribution in [0.25, 0.3) is 5.69 Å². The first-order chi connectivity index (χ1) is 11.0. The maximum atomic E-state index is 12.9. The van der Waals surface area contributed by atoms with Gasteiger partial charge in [0.1, 0.15) is 5.82 Å². The van der Waals surface area contributed by atoms with Gasteiger partial charge in [-0.25, -0.2) is 9.07 Å². The summed E-state index contributed by atoms with van der Waals surface area (Å²) >= 11 is 0. The molecule has 1 heterocycles. The van der Waals surface area contributed by atoms with Gasteiger partial charge in [-0.3, -0.25) is 4.79 Å². The molecular weight excluding hydrogens is 297 g/mol. The third kappa shape index (κ3) is 3.96. The van der Waals surface area contributed by atoms with Crippen molar-refractivity contribution in [1.29, 1.82) is 0 Å². The van der Waals surface area contributed by atoms with Crippen molar-refractivity contribution in [3.8, 4) is 5.69 Å². The van der Waals surface area contributed by atoms with E-state index in [4.69, 9.17) is 0 Å². The van der Waals surface area contributed by atoms with Crippen LogP contribution in [-0.2, 0) is 11.3 Å². The van der Waals surface area contributed by atoms with E-state index in [9.17, 15) is 14.3 Å². The lowest BCUT2D eigenvalue weighted by molar-refractivity contribution is -0.149. The molecule has 2 aromatic rings. The van der Waals surface area contributed by atoms with Crippen molar-refractivity contribution in [2.75, 3.05) is 6.54 Å². The number of hydrogen-bond acceptors (Lipinski definition) is 3. The predicted octanol–water partition coefficient (Wildman–Crippen LogP) is 2.99. The van der Waals surface area contributed by atoms with Crippen molar-refractivity contribution >= 4 is 5.97 Å². The molecule has 0 aliphatic rings. The first-order valence-electron chi connectivity index (χ1n) is 7.74. The molecule has 0 bridgehead atoms. The van der Waals surface area contributed by atoms with Gasteiger partial charge in [-0.05, 0) is 37.1 Å². The van der Waals surface area contributed by atoms with Crippen LogP contribution in [0.4, 0.5) is 4.39 Å². The van der Waals surface area contributed by atoms with Gasteiger partial charge < -0.3 is 10.4 Å². The molecule has 0 atom stereocenters. The quantitative estimate of drug-likeness (QED) is 0.785. The van der Waals surface area contributed by atoms with E-state index in [-0.39, 0.29) is 5.82 Å². The predicted molar refractivity (Wildman–Crippen MR) is 85.9 cm³/mol. The Balaban J connectivity index is 1.97. The molecule has 124 valence electrons. The van der Waals surface area contributed by atoms with E-state index < -0.39 is 11.4 Å². The Labute approximate surface area is 135 Å². The molecule has 6 heteroatoms. The largest absolute Gasteiger partial charge is 0.481 e. The van der Waals surface area contributed by atoms with Crippen molar-refractivity contribution in [3.63, 3.8) is 0 Å². The number of nitrogens with zero attached hydrogens (tertiary/aromatic N) is 2. The van der Waals surface area contributed by atoms with Gasteiger partial charge >= 0.3 is 5.97 Å². The summed E-state index contributed by atoms with van der Waals surface area (Å²) in [6, 6.07) is 6.09. The number of rotatable bonds is 8. The second kappa shape index (κ2) is 7.37. The molecule has 0 saturated heterocycles. The molecule has 0 spiro atoms. The first-order valence-corrected chi connectivity index (χ1v) is 7.74. The number of carboxylic acids is 1. The molecule has 0 fully saturated rings. The number of carboxylic acid groups (broad SMARTS) is 1. The Morgan fingerprint density at radius 1 is 1.30 bits per heavy atom. The van der Waals surface area contributed by atoms with Gasteiger partial charge in [-0.2, -0.15) is 5.10 Å². The van der Waals surface area contributed by atoms with E-state index in [1.165, 1.54) is 12.1 Å². The van der Waals surface area contributed by atoms with Crippen LogP contribution >= 0.6 is 0 Å². The fourth-order valence-corrected chi connectivity index (χ4v) is 2.51. The van der Waals surface area contributed by atoms with Gasteiger partial charge in [-0.1, -0.05) is 13.8 Å². The summed E-state index contributed by atoms with van der Waals surface area (Å²) < 4.78 is 14.6. The highest BCUT2D eigenvalue weighted by atomic mass is 19.1. The van der Waals surface area contributed by atoms with E-state index in [1.54, 1.807) is 23.0 Å². The number of aliphatic carboxylic acids is 1. The fraction of sp³-hybridized carbons (Fsp3) is 0.412. The zero-order chi connectivity index (χ0) is 16.9. The normalized spacial score (nSPS) is 11.6. The zero-order valence-corrected chi connectivity index (χ0v) is 13.4. The molecule has 2 rings (SSSR count). The number of nitrogens with one attached hydrogen (secondary N) is 1. The fourth-order valence-electron chi connectivity index (χ4n) is 2.51. The molecule has 1 aromatic carbocycles. The van der Waals surface area contributed by atoms with E-state index in [0.29, 0.717) is 25.9 Å². The van der Waals surface area contributed by atoms with Crippen LogP contribution in [-0.4, -0.2) is 27.4 Å². The number of benzene rings is 1. The molecule has 5 nitrogen and oxygen atoms in total. The van der Waals surface area contributed by atoms with Crippen LogP contribution in [0, 0.1) is 11.2 Å². The second-order valence-electron chi connectivity index (χ2n) is 5.67. The highest BCUT2D eigenvalue weighted by molar-refractivity contribution is 5.74. The molecular formula is C17H22FN3O2. The summed E-state index contributed by atoms with van der Waals surface area (Å²) in [5.74, 6) is -1.05. The molecule has 23 heavy (non-hydrogen) atoms. The topological polar surface area (TPSA) is 67.2 Å². The molecule has 2 N–H and O–H groups in total. The van der Waals surface area contributed by atoms with Crippen molar-refractivity contribution in [2.24, 2.45) is 5.41 Å². The Kier molecular flexibility index (Phi) is 5.50. The Hall–Kier alpha value is -2.21. The van der Waals surface area contributed by atoms with Crippen LogP contribution in [0.1, 0.15) is 32.3 Å². The molecule has 1 aromatic heterocycles. The third-order valence-electron chi connectivity index (χ3n) is 4.33. The Bertz CT molecular complexity index is 648. The third-order valence-corrected chi connectivity index (χ3v) is 4.33. The minimum absolute atomic E-state index is 0.285. The van der Waals surface area contributed by atoms with E-state index in [2.05, 4.69) is 10.4 Å². The van der Waals surface area contributed by atoms with Crippen LogP contribution in [0.3, 0.4) is 0 Å². The average molecular weight is 319 g/mol. The minimum Gasteiger partial charge on any atom is -0.481 e. The maximum Gasteiger partial charge on any atom is 0.310 e. The highest BCUT2D eigenvalue weighted by Gasteiger charge is 2.34. The molecule has 0 saturated carbocycles. The summed E-state index contributed by atoms with van der Waals surface area (Å²) in [4.78, 5) is 11.5. The standard InChI is InChI=1S/C17H22FN3O2/c1-3-17(4-2,16(22)23)12-19-9-13-10-20-21(11-13)15-7-5-14(18)6-8-15/h5-8,10-11,19H,3-4,9,12H2,1-2H3,(H,22,23). The van der Waals surface area contributed by atoms with E-state index >= 15 is 0 Å². The molecule has 0 amide bonds. The minimum atomic E-state index is -0.767. The lowest BCUT2D eigenvalue weighted by atomic mass is 9.82. The maximum absolute atomic E-state index is 12.9. The zero-order valence-electron chi connectivity index (χ0n) is 13.4. The summed E-state index contributed by atoms with van der Waals surface area (Å²) in [6.45, 7) is 4.74. The molecule has 0 unspecified atom stereocenters. The summed E-state index contributed by atoms with van der Waals surface area (Å²) in [5, 5.41) is 16.9. The summed E-state index contributed by atoms with van der Waals surface area (Å²) in [6.07, 6.45) is 4.73. The van der Waals surface area contributed by atoms with Crippen LogP contribution in [0.5, 0.6) is 0 Å². The monoisotopic (exact) mass is 319 g/mol. The number of carbonyl (C=O) groups is 1. The molecule has 0 aliphatic carbocycles. The number of aromatic nitrogens is 2. The van der Waals surface area contributed by atoms with Gasteiger partial charge in [0.05, 0.1) is 17.3 Å². The lowest BCUT2D eigenvalue weighted by Crippen LogP contribution is -2.39. The Morgan fingerprint density at radius 3 is 2.52 bits per heavy atom. The van der Waals surface area contributed by atoms with E-state index in [1.807, 2.05) is 20.0 Å². The van der Waals surface area contributed by atoms with Crippen molar-refractivity contribution in [2.45, 2.75) is 33.2 Å². The van der Waals surface area contributed by atoms with Crippen LogP contribution in [0.2, 0.25) is 0 Å². The van der Waals surface area contributed by atoms with Crippen LogP contribution < -0.4 is 5.32 Å². The van der Waals surface area contributed by atoms with Gasteiger partial charge in [0.2, 0.25) is 0 Å². The Morgan fingerprint density at radius 2 is 1.96 bits per heavy atom. The molecule has 0 radical (unpaired) electrons. The lowest BCUT2D eigenvalue weighted by Gasteiger charge is -2.26. The molecule has 0 aliphatic heterocycles. The number of halogens is 1. The first kappa shape index (κ1) is 17.1. The summed E-state index contributed by atoms with van der Waals surface area (Å²) in [5.41, 5.74) is 0.993. The summed E-state index contributed by atoms with van der Waals surface area (Å²) in [7, 11) is 0.